The molecule has 0 aliphatic carbocycles. The normalized spacial score (nSPS) is 38.5. The number of rotatable bonds is 21. The number of carbonyl (C=O) groups excluding carboxylic acids is 2. The molecule has 8 fully saturated rings. The Hall–Kier alpha value is -1.82. The first-order valence-electron chi connectivity index (χ1n) is 25.9. The lowest BCUT2D eigenvalue weighted by Gasteiger charge is -2.47. The molecule has 9 rings (SSSR count). The third kappa shape index (κ3) is 11.8. The number of hydrogen-bond acceptors (Lipinski definition) is 12. The van der Waals surface area contributed by atoms with E-state index < -0.39 is 32.4 Å². The molecule has 68 heavy (non-hydrogen) atoms. The number of benzene rings is 1. The maximum absolute atomic E-state index is 14.5. The molecular formula is C54H81BrO12Si. The van der Waals surface area contributed by atoms with Gasteiger partial charge in [0.05, 0.1) is 48.3 Å². The van der Waals surface area contributed by atoms with Crippen LogP contribution in [-0.2, 0) is 47.1 Å². The van der Waals surface area contributed by atoms with Gasteiger partial charge in [0.2, 0.25) is 0 Å². The molecule has 6 bridgehead atoms. The first-order valence-corrected chi connectivity index (χ1v) is 29.6. The molecule has 0 amide bonds. The van der Waals surface area contributed by atoms with Crippen molar-refractivity contribution in [2.75, 3.05) is 13.2 Å². The Morgan fingerprint density at radius 1 is 0.926 bits per heavy atom. The van der Waals surface area contributed by atoms with Crippen LogP contribution in [0.2, 0.25) is 18.1 Å². The van der Waals surface area contributed by atoms with Gasteiger partial charge in [-0.2, -0.15) is 0 Å². The SMILES string of the molecule is C=C(Br)C[C@@H](CC[C@@]12CC3OC4[C@@H](O1)C1O[C@@H](CC(=O)C[C@H]5C(C[C@H]6O[C@@H](CCCO)C[C@@H](C)C6=C)O[C@H](C[C@H](C)CO[Si](C)(C)C(C)(C)C)[C@@H]5C)CC[C@@H]1O[C@H]4[C@H]3O2)OC(=O)c1ccccc1. The van der Waals surface area contributed by atoms with Gasteiger partial charge in [-0.1, -0.05) is 88.8 Å². The van der Waals surface area contributed by atoms with Gasteiger partial charge in [-0.05, 0) is 109 Å². The third-order valence-corrected chi connectivity index (χ3v) is 21.8. The molecule has 0 aromatic heterocycles. The zero-order valence-electron chi connectivity index (χ0n) is 42.0. The summed E-state index contributed by atoms with van der Waals surface area (Å²) in [6, 6.07) is 9.01. The Morgan fingerprint density at radius 3 is 2.37 bits per heavy atom. The summed E-state index contributed by atoms with van der Waals surface area (Å²) in [4.78, 5) is 27.6. The van der Waals surface area contributed by atoms with Crippen molar-refractivity contribution in [1.82, 2.24) is 0 Å². The number of halogens is 1. The van der Waals surface area contributed by atoms with E-state index in [4.69, 9.17) is 42.3 Å². The predicted octanol–water partition coefficient (Wildman–Crippen LogP) is 10.2. The van der Waals surface area contributed by atoms with E-state index in [9.17, 15) is 14.7 Å². The van der Waals surface area contributed by atoms with Crippen molar-refractivity contribution in [2.24, 2.45) is 23.7 Å². The number of fused-ring (bicyclic) bond motifs is 1. The highest BCUT2D eigenvalue weighted by atomic mass is 79.9. The van der Waals surface area contributed by atoms with Crippen LogP contribution in [0.4, 0.5) is 0 Å². The van der Waals surface area contributed by atoms with Gasteiger partial charge in [-0.3, -0.25) is 4.79 Å². The highest BCUT2D eigenvalue weighted by Crippen LogP contribution is 2.54. The Bertz CT molecular complexity index is 1930. The maximum atomic E-state index is 14.5. The first-order chi connectivity index (χ1) is 32.2. The number of carbonyl (C=O) groups is 2. The van der Waals surface area contributed by atoms with E-state index in [1.807, 2.05) is 18.2 Å². The van der Waals surface area contributed by atoms with Crippen LogP contribution in [0.25, 0.3) is 0 Å². The lowest BCUT2D eigenvalue weighted by atomic mass is 9.78. The summed E-state index contributed by atoms with van der Waals surface area (Å²) in [6.45, 7) is 27.5. The number of esters is 1. The maximum Gasteiger partial charge on any atom is 0.338 e. The number of hydrogen-bond donors (Lipinski definition) is 1. The van der Waals surface area contributed by atoms with E-state index in [1.165, 1.54) is 0 Å². The van der Waals surface area contributed by atoms with E-state index in [-0.39, 0.29) is 96.3 Å². The highest BCUT2D eigenvalue weighted by Gasteiger charge is 2.68. The van der Waals surface area contributed by atoms with Crippen molar-refractivity contribution in [2.45, 2.75) is 228 Å². The second kappa shape index (κ2) is 21.7. The Labute approximate surface area is 415 Å². The van der Waals surface area contributed by atoms with Crippen molar-refractivity contribution in [1.29, 1.82) is 0 Å². The predicted molar refractivity (Wildman–Crippen MR) is 265 cm³/mol. The minimum atomic E-state index is -1.92. The zero-order chi connectivity index (χ0) is 48.7. The summed E-state index contributed by atoms with van der Waals surface area (Å²) in [5.74, 6) is -0.401. The van der Waals surface area contributed by atoms with Crippen molar-refractivity contribution >= 4 is 36.0 Å². The van der Waals surface area contributed by atoms with Gasteiger partial charge in [0.25, 0.3) is 0 Å². The Balaban J connectivity index is 0.923. The summed E-state index contributed by atoms with van der Waals surface area (Å²) >= 11 is 3.49. The van der Waals surface area contributed by atoms with E-state index in [0.29, 0.717) is 81.8 Å². The minimum absolute atomic E-state index is 0.0102. The molecular weight excluding hydrogens is 949 g/mol. The summed E-state index contributed by atoms with van der Waals surface area (Å²) in [6.07, 6.45) is 4.95. The molecule has 8 saturated heterocycles. The van der Waals surface area contributed by atoms with E-state index in [0.717, 1.165) is 35.7 Å². The monoisotopic (exact) mass is 1030 g/mol. The molecule has 0 radical (unpaired) electrons. The molecule has 380 valence electrons. The topological polar surface area (TPSA) is 137 Å². The number of ketones is 1. The standard InChI is InChI=1S/C54H81BrO12Si/c1-31(30-59-68(9,10)53(6,7)8)23-43-35(5)41(45(63-43)28-44-34(4)32(2)24-38(60-44)17-14-22-56)27-37(57)26-39-18-19-42-47(61-39)51-50-49(64-42)48-46(65-50)29-54(66-48,67-51)21-20-40(25-33(3)55)62-52(58)36-15-12-11-13-16-36/h11-13,15-16,31-32,35,38-51,56H,3-4,14,17-30H2,1-2,5-10H3/t31-,32+,35+,38-,39+,40+,41+,42-,43+,44+,45?,46?,47?,48-,49-,50?,51-,54-/m0/s1. The number of Topliss-reactive ketones (excluding diaryl/α,β-unsaturated/α-hetero) is 1. The second-order valence-corrected chi connectivity index (χ2v) is 29.1. The zero-order valence-corrected chi connectivity index (χ0v) is 44.6. The quantitative estimate of drug-likeness (QED) is 0.0713. The molecule has 1 aromatic carbocycles. The van der Waals surface area contributed by atoms with E-state index in [1.54, 1.807) is 12.1 Å². The van der Waals surface area contributed by atoms with Gasteiger partial charge >= 0.3 is 5.97 Å². The largest absolute Gasteiger partial charge is 0.458 e. The average Bonchev–Trinajstić information content (AvgIpc) is 3.83. The summed E-state index contributed by atoms with van der Waals surface area (Å²) in [7, 11) is -1.92. The lowest BCUT2D eigenvalue weighted by Crippen LogP contribution is -2.61. The van der Waals surface area contributed by atoms with Gasteiger partial charge < -0.3 is 47.4 Å². The fraction of sp³-hybridized carbons (Fsp3) is 0.778. The number of ether oxygens (including phenoxy) is 8. The molecule has 0 spiro atoms. The van der Waals surface area contributed by atoms with Crippen molar-refractivity contribution in [3.8, 4) is 0 Å². The van der Waals surface area contributed by atoms with Gasteiger partial charge in [0, 0.05) is 51.7 Å². The van der Waals surface area contributed by atoms with Crippen LogP contribution in [-0.4, -0.2) is 124 Å². The van der Waals surface area contributed by atoms with Gasteiger partial charge in [0.15, 0.2) is 14.1 Å². The fourth-order valence-corrected chi connectivity index (χ4v) is 13.4. The number of aliphatic hydroxyl groups excluding tert-OH is 1. The number of aliphatic hydroxyl groups is 1. The molecule has 8 heterocycles. The van der Waals surface area contributed by atoms with Crippen molar-refractivity contribution < 1.29 is 57.0 Å². The molecule has 18 atom stereocenters. The van der Waals surface area contributed by atoms with Crippen LogP contribution < -0.4 is 0 Å². The molecule has 14 heteroatoms. The van der Waals surface area contributed by atoms with Crippen LogP contribution in [0.15, 0.2) is 53.5 Å². The Kier molecular flexibility index (Phi) is 16.8. The second-order valence-electron chi connectivity index (χ2n) is 23.2. The van der Waals surface area contributed by atoms with Crippen LogP contribution in [0, 0.1) is 23.7 Å². The van der Waals surface area contributed by atoms with Crippen LogP contribution in [0.1, 0.15) is 135 Å². The van der Waals surface area contributed by atoms with Gasteiger partial charge in [-0.25, -0.2) is 4.79 Å². The molecule has 12 nitrogen and oxygen atoms in total. The molecule has 4 unspecified atom stereocenters. The van der Waals surface area contributed by atoms with Crippen LogP contribution >= 0.6 is 15.9 Å². The van der Waals surface area contributed by atoms with Crippen LogP contribution in [0.5, 0.6) is 0 Å². The van der Waals surface area contributed by atoms with Crippen LogP contribution in [0.3, 0.4) is 0 Å². The van der Waals surface area contributed by atoms with E-state index in [2.05, 4.69) is 83.7 Å². The van der Waals surface area contributed by atoms with Gasteiger partial charge in [0.1, 0.15) is 42.4 Å². The van der Waals surface area contributed by atoms with Gasteiger partial charge in [-0.15, -0.1) is 0 Å². The molecule has 0 saturated carbocycles. The van der Waals surface area contributed by atoms with E-state index >= 15 is 0 Å². The first kappa shape index (κ1) is 52.5. The fourth-order valence-electron chi connectivity index (χ4n) is 11.9. The molecule has 1 N–H and O–H groups in total. The smallest absolute Gasteiger partial charge is 0.338 e. The third-order valence-electron chi connectivity index (χ3n) is 16.9. The van der Waals surface area contributed by atoms with Crippen molar-refractivity contribution in [3.63, 3.8) is 0 Å². The molecule has 1 aromatic rings. The summed E-state index contributed by atoms with van der Waals surface area (Å²) in [5, 5.41) is 9.71. The lowest BCUT2D eigenvalue weighted by molar-refractivity contribution is -0.292. The average molecular weight is 1030 g/mol. The highest BCUT2D eigenvalue weighted by molar-refractivity contribution is 9.11. The summed E-state index contributed by atoms with van der Waals surface area (Å²) in [5.41, 5.74) is 1.59. The minimum Gasteiger partial charge on any atom is -0.458 e. The summed E-state index contributed by atoms with van der Waals surface area (Å²) < 4.78 is 61.4. The Morgan fingerprint density at radius 2 is 1.65 bits per heavy atom. The van der Waals surface area contributed by atoms with Crippen molar-refractivity contribution in [3.05, 3.63) is 59.1 Å². The molecule has 8 aliphatic heterocycles. The molecule has 8 aliphatic rings.